The first-order valence-electron chi connectivity index (χ1n) is 8.47. The lowest BCUT2D eigenvalue weighted by Crippen LogP contribution is -2.32. The molecule has 0 radical (unpaired) electrons. The van der Waals surface area contributed by atoms with Gasteiger partial charge in [-0.1, -0.05) is 40.9 Å². The van der Waals surface area contributed by atoms with Gasteiger partial charge < -0.3 is 19.8 Å². The first-order chi connectivity index (χ1) is 13.8. The van der Waals surface area contributed by atoms with Crippen LogP contribution in [-0.2, 0) is 14.3 Å². The highest BCUT2D eigenvalue weighted by Crippen LogP contribution is 2.41. The van der Waals surface area contributed by atoms with Gasteiger partial charge in [0.1, 0.15) is 11.5 Å². The number of carbonyl (C=O) groups excluding carboxylic acids is 2. The molecule has 3 rings (SSSR count). The molecule has 0 aliphatic carbocycles. The van der Waals surface area contributed by atoms with Crippen molar-refractivity contribution in [3.63, 3.8) is 0 Å². The number of amides is 1. The molecule has 1 aliphatic heterocycles. The van der Waals surface area contributed by atoms with E-state index in [2.05, 4.69) is 0 Å². The number of methoxy groups -OCH3 is 1. The number of ether oxygens (including phenoxy) is 1. The largest absolute Gasteiger partial charge is 0.507 e. The molecule has 1 atom stereocenters. The van der Waals surface area contributed by atoms with Gasteiger partial charge in [0.15, 0.2) is 0 Å². The van der Waals surface area contributed by atoms with Crippen molar-refractivity contribution in [2.75, 3.05) is 20.3 Å². The van der Waals surface area contributed by atoms with E-state index in [1.165, 1.54) is 48.4 Å². The van der Waals surface area contributed by atoms with Gasteiger partial charge in [-0.05, 0) is 35.9 Å². The predicted molar refractivity (Wildman–Crippen MR) is 110 cm³/mol. The number of hydrogen-bond donors (Lipinski definition) is 2. The maximum Gasteiger partial charge on any atom is 0.295 e. The lowest BCUT2D eigenvalue weighted by Gasteiger charge is -2.25. The zero-order valence-electron chi connectivity index (χ0n) is 15.2. The second-order valence-electron chi connectivity index (χ2n) is 6.33. The Labute approximate surface area is 181 Å². The van der Waals surface area contributed by atoms with Gasteiger partial charge in [-0.15, -0.1) is 0 Å². The third-order valence-corrected chi connectivity index (χ3v) is 5.60. The minimum absolute atomic E-state index is 0.0503. The number of aliphatic hydroxyl groups excluding tert-OH is 1. The Morgan fingerprint density at radius 1 is 1.07 bits per heavy atom. The molecule has 2 N–H and O–H groups in total. The molecule has 152 valence electrons. The molecule has 9 heteroatoms. The van der Waals surface area contributed by atoms with Gasteiger partial charge in [0, 0.05) is 19.2 Å². The Morgan fingerprint density at radius 2 is 1.79 bits per heavy atom. The van der Waals surface area contributed by atoms with Crippen LogP contribution in [0.15, 0.2) is 42.0 Å². The molecule has 1 amide bonds. The van der Waals surface area contributed by atoms with Crippen LogP contribution >= 0.6 is 34.8 Å². The van der Waals surface area contributed by atoms with Crippen LogP contribution in [0.1, 0.15) is 17.2 Å². The molecule has 1 aliphatic rings. The zero-order chi connectivity index (χ0) is 21.3. The van der Waals surface area contributed by atoms with Crippen molar-refractivity contribution < 1.29 is 24.5 Å². The molecule has 29 heavy (non-hydrogen) atoms. The van der Waals surface area contributed by atoms with E-state index in [1.54, 1.807) is 0 Å². The van der Waals surface area contributed by atoms with E-state index in [0.717, 1.165) is 0 Å². The number of aromatic hydroxyl groups is 1. The Kier molecular flexibility index (Phi) is 6.39. The van der Waals surface area contributed by atoms with Crippen LogP contribution in [0.25, 0.3) is 5.76 Å². The molecule has 6 nitrogen and oxygen atoms in total. The quantitative estimate of drug-likeness (QED) is 0.395. The molecular weight excluding hydrogens is 441 g/mol. The van der Waals surface area contributed by atoms with E-state index in [0.29, 0.717) is 5.56 Å². The number of benzene rings is 2. The van der Waals surface area contributed by atoms with Gasteiger partial charge >= 0.3 is 0 Å². The van der Waals surface area contributed by atoms with Crippen LogP contribution < -0.4 is 0 Å². The van der Waals surface area contributed by atoms with Gasteiger partial charge in [-0.3, -0.25) is 9.59 Å². The Bertz CT molecular complexity index is 1020. The molecule has 1 heterocycles. The van der Waals surface area contributed by atoms with Crippen molar-refractivity contribution in [2.24, 2.45) is 0 Å². The second kappa shape index (κ2) is 8.63. The fourth-order valence-corrected chi connectivity index (χ4v) is 3.63. The zero-order valence-corrected chi connectivity index (χ0v) is 17.4. The summed E-state index contributed by atoms with van der Waals surface area (Å²) >= 11 is 18.0. The summed E-state index contributed by atoms with van der Waals surface area (Å²) in [5.74, 6) is -2.17. The number of nitrogens with zero attached hydrogens (tertiary/aromatic N) is 1. The van der Waals surface area contributed by atoms with E-state index >= 15 is 0 Å². The van der Waals surface area contributed by atoms with Crippen molar-refractivity contribution in [1.29, 1.82) is 0 Å². The molecule has 0 saturated carbocycles. The normalized spacial score (nSPS) is 18.5. The van der Waals surface area contributed by atoms with Crippen LogP contribution in [-0.4, -0.2) is 47.1 Å². The number of hydrogen-bond acceptors (Lipinski definition) is 5. The smallest absolute Gasteiger partial charge is 0.295 e. The fraction of sp³-hybridized carbons (Fsp3) is 0.200. The van der Waals surface area contributed by atoms with Crippen molar-refractivity contribution >= 4 is 52.3 Å². The number of aliphatic hydroxyl groups is 1. The van der Waals surface area contributed by atoms with Crippen molar-refractivity contribution in [2.45, 2.75) is 6.04 Å². The predicted octanol–water partition coefficient (Wildman–Crippen LogP) is 4.42. The molecule has 2 aromatic rings. The lowest BCUT2D eigenvalue weighted by atomic mass is 9.95. The highest BCUT2D eigenvalue weighted by Gasteiger charge is 2.46. The van der Waals surface area contributed by atoms with Gasteiger partial charge in [0.25, 0.3) is 11.7 Å². The first-order valence-corrected chi connectivity index (χ1v) is 9.60. The highest BCUT2D eigenvalue weighted by molar-refractivity contribution is 6.47. The summed E-state index contributed by atoms with van der Waals surface area (Å²) < 4.78 is 5.04. The van der Waals surface area contributed by atoms with Crippen molar-refractivity contribution in [1.82, 2.24) is 4.90 Å². The number of halogens is 3. The number of carbonyl (C=O) groups is 2. The molecule has 1 fully saturated rings. The number of likely N-dealkylation sites (tertiary alicyclic amines) is 1. The summed E-state index contributed by atoms with van der Waals surface area (Å²) in [5, 5.41) is 21.1. The molecule has 1 saturated heterocycles. The molecular formula is C20H16Cl3NO5. The summed E-state index contributed by atoms with van der Waals surface area (Å²) in [7, 11) is 1.47. The summed E-state index contributed by atoms with van der Waals surface area (Å²) in [6.45, 7) is 0.296. The Hall–Kier alpha value is -2.25. The van der Waals surface area contributed by atoms with Crippen LogP contribution in [0.2, 0.25) is 15.1 Å². The highest BCUT2D eigenvalue weighted by atomic mass is 35.5. The molecule has 0 bridgehead atoms. The maximum atomic E-state index is 12.8. The number of phenolic OH excluding ortho intramolecular Hbond substituents is 1. The average molecular weight is 457 g/mol. The topological polar surface area (TPSA) is 87.1 Å². The summed E-state index contributed by atoms with van der Waals surface area (Å²) in [5.41, 5.74) is 0.565. The van der Waals surface area contributed by atoms with E-state index in [-0.39, 0.29) is 45.1 Å². The van der Waals surface area contributed by atoms with Crippen LogP contribution in [0.4, 0.5) is 0 Å². The first kappa shape index (κ1) is 21.5. The molecule has 2 aromatic carbocycles. The number of phenols is 1. The van der Waals surface area contributed by atoms with Crippen LogP contribution in [0.5, 0.6) is 5.75 Å². The van der Waals surface area contributed by atoms with Crippen molar-refractivity contribution in [3.8, 4) is 5.75 Å². The van der Waals surface area contributed by atoms with E-state index in [1.807, 2.05) is 0 Å². The summed E-state index contributed by atoms with van der Waals surface area (Å²) in [6.07, 6.45) is 0. The third kappa shape index (κ3) is 4.07. The number of ketones is 1. The monoisotopic (exact) mass is 455 g/mol. The molecule has 0 aromatic heterocycles. The minimum atomic E-state index is -0.919. The molecule has 0 spiro atoms. The number of rotatable bonds is 5. The fourth-order valence-electron chi connectivity index (χ4n) is 3.14. The summed E-state index contributed by atoms with van der Waals surface area (Å²) in [4.78, 5) is 26.7. The Morgan fingerprint density at radius 3 is 2.41 bits per heavy atom. The van der Waals surface area contributed by atoms with Gasteiger partial charge in [-0.25, -0.2) is 0 Å². The van der Waals surface area contributed by atoms with E-state index < -0.39 is 23.5 Å². The SMILES string of the molecule is COCCN1C(=O)C(=O)/C(=C(\O)c2ccc(Cl)c(Cl)c2)C1c1ccc(O)c(Cl)c1. The van der Waals surface area contributed by atoms with E-state index in [4.69, 9.17) is 39.5 Å². The average Bonchev–Trinajstić information content (AvgIpc) is 2.94. The van der Waals surface area contributed by atoms with Crippen molar-refractivity contribution in [3.05, 3.63) is 68.2 Å². The number of Topliss-reactive ketones (excluding diaryl/α,β-unsaturated/α-hetero) is 1. The second-order valence-corrected chi connectivity index (χ2v) is 7.55. The minimum Gasteiger partial charge on any atom is -0.507 e. The van der Waals surface area contributed by atoms with Crippen LogP contribution in [0.3, 0.4) is 0 Å². The van der Waals surface area contributed by atoms with Gasteiger partial charge in [0.05, 0.1) is 33.3 Å². The molecule has 1 unspecified atom stereocenters. The summed E-state index contributed by atoms with van der Waals surface area (Å²) in [6, 6.07) is 7.78. The maximum absolute atomic E-state index is 12.8. The van der Waals surface area contributed by atoms with Gasteiger partial charge in [0.2, 0.25) is 0 Å². The lowest BCUT2D eigenvalue weighted by molar-refractivity contribution is -0.140. The van der Waals surface area contributed by atoms with Gasteiger partial charge in [-0.2, -0.15) is 0 Å². The van der Waals surface area contributed by atoms with E-state index in [9.17, 15) is 19.8 Å². The third-order valence-electron chi connectivity index (χ3n) is 4.56. The standard InChI is InChI=1S/C20H16Cl3NO5/c1-29-7-6-24-17(10-3-5-15(25)14(23)8-10)16(19(27)20(24)28)18(26)11-2-4-12(21)13(22)9-11/h2-5,8-9,17,25-26H,6-7H2,1H3/b18-16-. The Balaban J connectivity index is 2.20. The van der Waals surface area contributed by atoms with Crippen LogP contribution in [0, 0.1) is 0 Å².